The zero-order valence-corrected chi connectivity index (χ0v) is 13.3. The Morgan fingerprint density at radius 1 is 1.24 bits per heavy atom. The van der Waals surface area contributed by atoms with Gasteiger partial charge in [0.2, 0.25) is 0 Å². The van der Waals surface area contributed by atoms with E-state index in [9.17, 15) is 12.8 Å². The van der Waals surface area contributed by atoms with Gasteiger partial charge in [-0.05, 0) is 36.8 Å². The van der Waals surface area contributed by atoms with Crippen molar-refractivity contribution in [2.45, 2.75) is 18.4 Å². The molecule has 0 saturated carbocycles. The predicted octanol–water partition coefficient (Wildman–Crippen LogP) is 4.29. The third-order valence-electron chi connectivity index (χ3n) is 2.83. The molecule has 0 aliphatic heterocycles. The number of hydrogen-bond acceptors (Lipinski definition) is 3. The number of halogens is 3. The van der Waals surface area contributed by atoms with Gasteiger partial charge in [0.15, 0.2) is 0 Å². The third-order valence-corrected chi connectivity index (χ3v) is 4.74. The molecule has 0 fully saturated rings. The predicted molar refractivity (Wildman–Crippen MR) is 80.0 cm³/mol. The lowest BCUT2D eigenvalue weighted by Crippen LogP contribution is -1.99. The first-order valence-electron chi connectivity index (χ1n) is 5.90. The first-order valence-corrected chi connectivity index (χ1v) is 8.59. The molecule has 112 valence electrons. The van der Waals surface area contributed by atoms with Crippen LogP contribution in [-0.4, -0.2) is 8.42 Å². The second-order valence-electron chi connectivity index (χ2n) is 4.37. The van der Waals surface area contributed by atoms with E-state index in [4.69, 9.17) is 27.0 Å². The Balaban J connectivity index is 2.18. The van der Waals surface area contributed by atoms with Gasteiger partial charge in [-0.15, -0.1) is 0 Å². The van der Waals surface area contributed by atoms with Crippen LogP contribution < -0.4 is 4.74 Å². The molecule has 0 unspecified atom stereocenters. The number of aryl methyl sites for hydroxylation is 1. The zero-order valence-electron chi connectivity index (χ0n) is 10.9. The van der Waals surface area contributed by atoms with Crippen molar-refractivity contribution in [1.82, 2.24) is 0 Å². The maximum atomic E-state index is 13.3. The molecule has 0 aliphatic rings. The summed E-state index contributed by atoms with van der Waals surface area (Å²) in [6, 6.07) is 8.83. The van der Waals surface area contributed by atoms with E-state index >= 15 is 0 Å². The molecule has 0 saturated heterocycles. The summed E-state index contributed by atoms with van der Waals surface area (Å²) in [6.45, 7) is 1.68. The highest BCUT2D eigenvalue weighted by atomic mass is 35.7. The monoisotopic (exact) mass is 348 g/mol. The Morgan fingerprint density at radius 3 is 2.57 bits per heavy atom. The Hall–Kier alpha value is -1.30. The molecule has 0 bridgehead atoms. The Bertz CT molecular complexity index is 776. The lowest BCUT2D eigenvalue weighted by molar-refractivity contribution is 0.305. The molecule has 0 aliphatic carbocycles. The van der Waals surface area contributed by atoms with Crippen molar-refractivity contribution in [3.63, 3.8) is 0 Å². The van der Waals surface area contributed by atoms with Crippen molar-refractivity contribution in [2.24, 2.45) is 0 Å². The van der Waals surface area contributed by atoms with Gasteiger partial charge in [-0.25, -0.2) is 12.8 Å². The highest BCUT2D eigenvalue weighted by Gasteiger charge is 2.14. The molecule has 0 aromatic heterocycles. The molecular weight excluding hydrogens is 338 g/mol. The van der Waals surface area contributed by atoms with Crippen LogP contribution in [0.5, 0.6) is 5.75 Å². The van der Waals surface area contributed by atoms with E-state index in [0.29, 0.717) is 16.9 Å². The molecule has 7 heteroatoms. The fraction of sp³-hybridized carbons (Fsp3) is 0.143. The highest BCUT2D eigenvalue weighted by molar-refractivity contribution is 8.13. The van der Waals surface area contributed by atoms with Gasteiger partial charge in [-0.3, -0.25) is 0 Å². The van der Waals surface area contributed by atoms with E-state index in [1.165, 1.54) is 24.3 Å². The molecule has 2 rings (SSSR count). The topological polar surface area (TPSA) is 43.4 Å². The van der Waals surface area contributed by atoms with Crippen LogP contribution in [0.4, 0.5) is 4.39 Å². The maximum Gasteiger partial charge on any atom is 0.261 e. The summed E-state index contributed by atoms with van der Waals surface area (Å²) in [7, 11) is 1.52. The van der Waals surface area contributed by atoms with E-state index in [1.807, 2.05) is 0 Å². The van der Waals surface area contributed by atoms with Crippen LogP contribution in [0.2, 0.25) is 5.02 Å². The molecule has 3 nitrogen and oxygen atoms in total. The van der Waals surface area contributed by atoms with Crippen molar-refractivity contribution in [3.05, 3.63) is 58.4 Å². The van der Waals surface area contributed by atoms with Crippen molar-refractivity contribution in [1.29, 1.82) is 0 Å². The number of hydrogen-bond donors (Lipinski definition) is 0. The standard InChI is InChI=1S/C14H11Cl2FO3S/c1-9-7-11(5-6-13(9)21(16,18)19)20-8-10-3-2-4-12(17)14(10)15/h2-7H,8H2,1H3. The van der Waals surface area contributed by atoms with Gasteiger partial charge in [0, 0.05) is 16.2 Å². The van der Waals surface area contributed by atoms with Gasteiger partial charge < -0.3 is 4.74 Å². The third kappa shape index (κ3) is 3.87. The van der Waals surface area contributed by atoms with Crippen LogP contribution in [0, 0.1) is 12.7 Å². The number of benzene rings is 2. The summed E-state index contributed by atoms with van der Waals surface area (Å²) in [5.41, 5.74) is 0.969. The lowest BCUT2D eigenvalue weighted by atomic mass is 10.2. The van der Waals surface area contributed by atoms with Crippen LogP contribution in [0.15, 0.2) is 41.3 Å². The lowest BCUT2D eigenvalue weighted by Gasteiger charge is -2.10. The van der Waals surface area contributed by atoms with Crippen LogP contribution in [-0.2, 0) is 15.7 Å². The van der Waals surface area contributed by atoms with E-state index in [1.54, 1.807) is 19.1 Å². The molecule has 0 N–H and O–H groups in total. The molecule has 0 amide bonds. The van der Waals surface area contributed by atoms with Crippen molar-refractivity contribution < 1.29 is 17.5 Å². The van der Waals surface area contributed by atoms with Crippen LogP contribution in [0.1, 0.15) is 11.1 Å². The van der Waals surface area contributed by atoms with Gasteiger partial charge in [-0.1, -0.05) is 23.7 Å². The smallest absolute Gasteiger partial charge is 0.261 e. The quantitative estimate of drug-likeness (QED) is 0.774. The molecule has 0 radical (unpaired) electrons. The number of ether oxygens (including phenoxy) is 1. The normalized spacial score (nSPS) is 11.4. The van der Waals surface area contributed by atoms with Crippen LogP contribution in [0.25, 0.3) is 0 Å². The summed E-state index contributed by atoms with van der Waals surface area (Å²) in [6.07, 6.45) is 0. The fourth-order valence-corrected chi connectivity index (χ4v) is 3.18. The van der Waals surface area contributed by atoms with Gasteiger partial charge >= 0.3 is 0 Å². The highest BCUT2D eigenvalue weighted by Crippen LogP contribution is 2.26. The second kappa shape index (κ2) is 6.22. The molecule has 0 heterocycles. The van der Waals surface area contributed by atoms with Gasteiger partial charge in [-0.2, -0.15) is 0 Å². The van der Waals surface area contributed by atoms with Gasteiger partial charge in [0.1, 0.15) is 18.2 Å². The minimum absolute atomic E-state index is 0.00850. The average Bonchev–Trinajstić information content (AvgIpc) is 2.39. The minimum atomic E-state index is -3.78. The summed E-state index contributed by atoms with van der Waals surface area (Å²) in [5.74, 6) is -0.0746. The Kier molecular flexibility index (Phi) is 4.76. The zero-order chi connectivity index (χ0) is 15.6. The largest absolute Gasteiger partial charge is 0.489 e. The molecule has 2 aromatic carbocycles. The van der Waals surface area contributed by atoms with E-state index in [-0.39, 0.29) is 16.5 Å². The summed E-state index contributed by atoms with van der Waals surface area (Å²) < 4.78 is 41.4. The molecule has 21 heavy (non-hydrogen) atoms. The molecule has 0 spiro atoms. The molecular formula is C14H11Cl2FO3S. The van der Waals surface area contributed by atoms with E-state index in [0.717, 1.165) is 0 Å². The Morgan fingerprint density at radius 2 is 1.95 bits per heavy atom. The molecule has 2 aromatic rings. The van der Waals surface area contributed by atoms with Crippen LogP contribution >= 0.6 is 22.3 Å². The van der Waals surface area contributed by atoms with E-state index in [2.05, 4.69) is 0 Å². The van der Waals surface area contributed by atoms with Crippen molar-refractivity contribution in [3.8, 4) is 5.75 Å². The van der Waals surface area contributed by atoms with Crippen molar-refractivity contribution >= 4 is 31.3 Å². The number of rotatable bonds is 4. The summed E-state index contributed by atoms with van der Waals surface area (Å²) >= 11 is 5.82. The van der Waals surface area contributed by atoms with Crippen LogP contribution in [0.3, 0.4) is 0 Å². The average molecular weight is 349 g/mol. The fourth-order valence-electron chi connectivity index (χ4n) is 1.81. The Labute approximate surface area is 131 Å². The first kappa shape index (κ1) is 16.1. The van der Waals surface area contributed by atoms with Crippen molar-refractivity contribution in [2.75, 3.05) is 0 Å². The SMILES string of the molecule is Cc1cc(OCc2cccc(F)c2Cl)ccc1S(=O)(=O)Cl. The van der Waals surface area contributed by atoms with Gasteiger partial charge in [0.05, 0.1) is 9.92 Å². The van der Waals surface area contributed by atoms with E-state index < -0.39 is 14.9 Å². The summed E-state index contributed by atoms with van der Waals surface area (Å²) in [5, 5.41) is 0.00850. The van der Waals surface area contributed by atoms with Gasteiger partial charge in [0.25, 0.3) is 9.05 Å². The molecule has 0 atom stereocenters. The minimum Gasteiger partial charge on any atom is -0.489 e. The maximum absolute atomic E-state index is 13.3. The first-order chi connectivity index (χ1) is 9.79. The second-order valence-corrected chi connectivity index (χ2v) is 7.28. The summed E-state index contributed by atoms with van der Waals surface area (Å²) in [4.78, 5) is 0.0281.